The fraction of sp³-hybridized carbons (Fsp3) is 0.273. The van der Waals surface area contributed by atoms with E-state index in [1.54, 1.807) is 19.7 Å². The molecule has 1 aromatic rings. The quantitative estimate of drug-likeness (QED) is 0.871. The number of nitrogens with one attached hydrogen (secondary N) is 1. The van der Waals surface area contributed by atoms with Crippen LogP contribution in [0.3, 0.4) is 0 Å². The van der Waals surface area contributed by atoms with Crippen molar-refractivity contribution in [3.63, 3.8) is 0 Å². The first-order chi connectivity index (χ1) is 8.24. The number of benzene rings is 1. The molecule has 0 radical (unpaired) electrons. The molecule has 0 aromatic heterocycles. The lowest BCUT2D eigenvalue weighted by Gasteiger charge is -2.33. The zero-order chi connectivity index (χ0) is 12.3. The summed E-state index contributed by atoms with van der Waals surface area (Å²) in [6.07, 6.45) is 0. The van der Waals surface area contributed by atoms with Crippen LogP contribution in [0.5, 0.6) is 0 Å². The molecule has 0 fully saturated rings. The number of hydrogen-bond acceptors (Lipinski definition) is 4. The third-order valence-corrected chi connectivity index (χ3v) is 3.57. The van der Waals surface area contributed by atoms with Gasteiger partial charge in [0.15, 0.2) is 0 Å². The smallest absolute Gasteiger partial charge is 0.341 e. The number of thioether (sulfide) groups is 1. The lowest BCUT2D eigenvalue weighted by Crippen LogP contribution is -2.46. The number of amides is 2. The molecule has 1 aliphatic heterocycles. The predicted molar refractivity (Wildman–Crippen MR) is 67.5 cm³/mol. The lowest BCUT2D eigenvalue weighted by atomic mass is 10.2. The third kappa shape index (κ3) is 1.89. The number of methoxy groups -OCH3 is 1. The van der Waals surface area contributed by atoms with Crippen molar-refractivity contribution in [2.75, 3.05) is 14.2 Å². The molecule has 90 valence electrons. The minimum absolute atomic E-state index is 0.308. The highest BCUT2D eigenvalue weighted by Crippen LogP contribution is 2.43. The van der Waals surface area contributed by atoms with E-state index in [0.717, 1.165) is 5.56 Å². The first-order valence-electron chi connectivity index (χ1n) is 5.07. The third-order valence-electron chi connectivity index (χ3n) is 2.48. The summed E-state index contributed by atoms with van der Waals surface area (Å²) in [5, 5.41) is 6.97. The van der Waals surface area contributed by atoms with E-state index in [1.807, 2.05) is 30.3 Å². The molecule has 6 heteroatoms. The van der Waals surface area contributed by atoms with Crippen LogP contribution in [0.15, 0.2) is 35.4 Å². The zero-order valence-electron chi connectivity index (χ0n) is 9.58. The molecule has 1 N–H and O–H groups in total. The highest BCUT2D eigenvalue weighted by molar-refractivity contribution is 8.12. The molecule has 1 heterocycles. The van der Waals surface area contributed by atoms with E-state index in [4.69, 9.17) is 4.74 Å². The van der Waals surface area contributed by atoms with Crippen LogP contribution in [0.2, 0.25) is 0 Å². The Hall–Kier alpha value is -1.53. The molecule has 0 bridgehead atoms. The van der Waals surface area contributed by atoms with E-state index in [1.165, 1.54) is 16.8 Å². The number of ether oxygens (including phenoxy) is 1. The van der Waals surface area contributed by atoms with Crippen LogP contribution in [0.1, 0.15) is 5.56 Å². The molecule has 0 aliphatic carbocycles. The molecule has 17 heavy (non-hydrogen) atoms. The van der Waals surface area contributed by atoms with E-state index in [2.05, 4.69) is 10.4 Å². The number of hydrazone groups is 1. The highest BCUT2D eigenvalue weighted by atomic mass is 32.2. The summed E-state index contributed by atoms with van der Waals surface area (Å²) < 4.78 is 5.52. The summed E-state index contributed by atoms with van der Waals surface area (Å²) in [5.74, 6) is 0. The molecule has 2 amide bonds. The van der Waals surface area contributed by atoms with Gasteiger partial charge in [0.1, 0.15) is 0 Å². The van der Waals surface area contributed by atoms with E-state index >= 15 is 0 Å². The van der Waals surface area contributed by atoms with Gasteiger partial charge in [-0.25, -0.2) is 4.79 Å². The molecular weight excluding hydrogens is 238 g/mol. The Kier molecular flexibility index (Phi) is 3.35. The van der Waals surface area contributed by atoms with E-state index < -0.39 is 5.06 Å². The van der Waals surface area contributed by atoms with E-state index in [-0.39, 0.29) is 6.03 Å². The van der Waals surface area contributed by atoms with Crippen LogP contribution < -0.4 is 5.32 Å². The molecule has 2 rings (SSSR count). The van der Waals surface area contributed by atoms with Crippen molar-refractivity contribution in [2.24, 2.45) is 5.10 Å². The average molecular weight is 251 g/mol. The number of rotatable bonds is 2. The normalized spacial score (nSPS) is 22.8. The SMILES string of the molecule is CNC(=O)N1N=CSC1(OC)c1ccccc1. The van der Waals surface area contributed by atoms with Crippen LogP contribution in [0.4, 0.5) is 4.79 Å². The second-order valence-corrected chi connectivity index (χ2v) is 4.36. The number of hydrogen-bond donors (Lipinski definition) is 1. The van der Waals surface area contributed by atoms with Crippen molar-refractivity contribution in [1.29, 1.82) is 0 Å². The maximum atomic E-state index is 11.8. The number of urea groups is 1. The second kappa shape index (κ2) is 4.77. The van der Waals surface area contributed by atoms with Gasteiger partial charge in [0.2, 0.25) is 5.06 Å². The summed E-state index contributed by atoms with van der Waals surface area (Å²) in [6, 6.07) is 9.21. The topological polar surface area (TPSA) is 53.9 Å². The average Bonchev–Trinajstić information content (AvgIpc) is 2.84. The summed E-state index contributed by atoms with van der Waals surface area (Å²) in [6.45, 7) is 0. The number of carbonyl (C=O) groups is 1. The fourth-order valence-corrected chi connectivity index (χ4v) is 2.53. The molecule has 1 aromatic carbocycles. The molecule has 1 atom stereocenters. The maximum absolute atomic E-state index is 11.8. The van der Waals surface area contributed by atoms with Crippen LogP contribution in [-0.4, -0.2) is 30.7 Å². The Morgan fingerprint density at radius 3 is 2.76 bits per heavy atom. The predicted octanol–water partition coefficient (Wildman–Crippen LogP) is 1.77. The zero-order valence-corrected chi connectivity index (χ0v) is 10.4. The van der Waals surface area contributed by atoms with Gasteiger partial charge < -0.3 is 10.1 Å². The van der Waals surface area contributed by atoms with Crippen molar-refractivity contribution >= 4 is 23.3 Å². The Balaban J connectivity index is 2.41. The lowest BCUT2D eigenvalue weighted by molar-refractivity contribution is -0.0371. The first kappa shape index (κ1) is 11.9. The second-order valence-electron chi connectivity index (χ2n) is 3.36. The van der Waals surface area contributed by atoms with Gasteiger partial charge in [-0.1, -0.05) is 30.3 Å². The van der Waals surface area contributed by atoms with Crippen molar-refractivity contribution in [2.45, 2.75) is 5.06 Å². The summed E-state index contributed by atoms with van der Waals surface area (Å²) >= 11 is 1.35. The van der Waals surface area contributed by atoms with Crippen molar-refractivity contribution < 1.29 is 9.53 Å². The van der Waals surface area contributed by atoms with Crippen LogP contribution in [-0.2, 0) is 9.79 Å². The van der Waals surface area contributed by atoms with Gasteiger partial charge in [0, 0.05) is 19.7 Å². The summed E-state index contributed by atoms with van der Waals surface area (Å²) in [4.78, 5) is 11.8. The summed E-state index contributed by atoms with van der Waals surface area (Å²) in [5.41, 5.74) is 2.47. The van der Waals surface area contributed by atoms with E-state index in [9.17, 15) is 4.79 Å². The van der Waals surface area contributed by atoms with Gasteiger partial charge in [-0.2, -0.15) is 10.1 Å². The molecule has 0 saturated carbocycles. The summed E-state index contributed by atoms with van der Waals surface area (Å²) in [7, 11) is 3.12. The van der Waals surface area contributed by atoms with Crippen LogP contribution in [0.25, 0.3) is 0 Å². The Morgan fingerprint density at radius 2 is 2.18 bits per heavy atom. The Labute approximate surface area is 104 Å². The first-order valence-corrected chi connectivity index (χ1v) is 5.95. The molecule has 0 spiro atoms. The molecule has 0 saturated heterocycles. The maximum Gasteiger partial charge on any atom is 0.341 e. The van der Waals surface area contributed by atoms with Crippen molar-refractivity contribution in [1.82, 2.24) is 10.3 Å². The fourth-order valence-electron chi connectivity index (χ4n) is 1.65. The largest absolute Gasteiger partial charge is 0.344 e. The minimum Gasteiger partial charge on any atom is -0.344 e. The van der Waals surface area contributed by atoms with E-state index in [0.29, 0.717) is 0 Å². The van der Waals surface area contributed by atoms with Gasteiger partial charge in [0.05, 0.1) is 5.55 Å². The number of carbonyl (C=O) groups excluding carboxylic acids is 1. The highest BCUT2D eigenvalue weighted by Gasteiger charge is 2.45. The Bertz CT molecular complexity index is 438. The van der Waals surface area contributed by atoms with Gasteiger partial charge in [-0.05, 0) is 11.8 Å². The molecule has 1 unspecified atom stereocenters. The van der Waals surface area contributed by atoms with Crippen LogP contribution in [0, 0.1) is 0 Å². The Morgan fingerprint density at radius 1 is 1.47 bits per heavy atom. The number of nitrogens with zero attached hydrogens (tertiary/aromatic N) is 2. The molecular formula is C11H13N3O2S. The monoisotopic (exact) mass is 251 g/mol. The van der Waals surface area contributed by atoms with Gasteiger partial charge in [-0.3, -0.25) is 0 Å². The van der Waals surface area contributed by atoms with Crippen molar-refractivity contribution in [3.05, 3.63) is 35.9 Å². The molecule has 5 nitrogen and oxygen atoms in total. The van der Waals surface area contributed by atoms with Crippen molar-refractivity contribution in [3.8, 4) is 0 Å². The van der Waals surface area contributed by atoms with Gasteiger partial charge >= 0.3 is 6.03 Å². The minimum atomic E-state index is -0.915. The van der Waals surface area contributed by atoms with Gasteiger partial charge in [0.25, 0.3) is 0 Å². The standard InChI is InChI=1S/C11H13N3O2S/c1-12-10(15)14-11(16-2,17-8-13-14)9-6-4-3-5-7-9/h3-8H,1-2H3,(H,12,15). The molecule has 1 aliphatic rings. The van der Waals surface area contributed by atoms with Gasteiger partial charge in [-0.15, -0.1) is 0 Å². The van der Waals surface area contributed by atoms with Crippen LogP contribution >= 0.6 is 11.8 Å².